The van der Waals surface area contributed by atoms with E-state index in [1.807, 2.05) is 81.4 Å². The van der Waals surface area contributed by atoms with E-state index in [0.29, 0.717) is 50.3 Å². The highest BCUT2D eigenvalue weighted by Gasteiger charge is 2.54. The van der Waals surface area contributed by atoms with Gasteiger partial charge in [-0.3, -0.25) is 19.2 Å². The Bertz CT molecular complexity index is 1680. The minimum absolute atomic E-state index is 0.0429. The maximum atomic E-state index is 14.3. The van der Waals surface area contributed by atoms with Gasteiger partial charge in [0.15, 0.2) is 0 Å². The Kier molecular flexibility index (Phi) is 9.99. The molecule has 3 aliphatic rings. The number of anilines is 1. The van der Waals surface area contributed by atoms with Crippen LogP contribution in [0.4, 0.5) is 5.69 Å². The summed E-state index contributed by atoms with van der Waals surface area (Å²) in [5.41, 5.74) is 2.75. The van der Waals surface area contributed by atoms with Gasteiger partial charge in [-0.1, -0.05) is 66.2 Å². The van der Waals surface area contributed by atoms with E-state index in [0.717, 1.165) is 16.8 Å². The smallest absolute Gasteiger partial charge is 0.250 e. The predicted octanol–water partition coefficient (Wildman–Crippen LogP) is 3.66. The van der Waals surface area contributed by atoms with Gasteiger partial charge in [0.2, 0.25) is 17.7 Å². The van der Waals surface area contributed by atoms with Crippen LogP contribution in [-0.4, -0.2) is 82.9 Å². The molecule has 0 bridgehead atoms. The summed E-state index contributed by atoms with van der Waals surface area (Å²) in [5, 5.41) is 9.96. The SMILES string of the molecule is CC(C)(C)NC(=O)CN1CN(c2ccccc2)C2(CCN(C(=O)[C@@H](Cc3ccc(Cl)cc3)NC(=O)[C@H]3Cc4ccccc4CN3)CC2)C1=O. The summed E-state index contributed by atoms with van der Waals surface area (Å²) >= 11 is 6.14. The first kappa shape index (κ1) is 34.5. The number of carbonyl (C=O) groups is 4. The largest absolute Gasteiger partial charge is 0.350 e. The Balaban J connectivity index is 1.19. The first-order valence-electron chi connectivity index (χ1n) is 17.0. The molecule has 6 rings (SSSR count). The Morgan fingerprint density at radius 3 is 2.27 bits per heavy atom. The van der Waals surface area contributed by atoms with E-state index in [4.69, 9.17) is 11.6 Å². The number of para-hydroxylation sites is 1. The molecule has 3 heterocycles. The number of hydrogen-bond acceptors (Lipinski definition) is 6. The number of likely N-dealkylation sites (tertiary alicyclic amines) is 1. The fourth-order valence-corrected chi connectivity index (χ4v) is 7.37. The summed E-state index contributed by atoms with van der Waals surface area (Å²) in [4.78, 5) is 60.5. The van der Waals surface area contributed by atoms with Gasteiger partial charge < -0.3 is 30.7 Å². The van der Waals surface area contributed by atoms with Gasteiger partial charge in [-0.25, -0.2) is 0 Å². The minimum Gasteiger partial charge on any atom is -0.350 e. The average Bonchev–Trinajstić information content (AvgIpc) is 3.34. The summed E-state index contributed by atoms with van der Waals surface area (Å²) in [6, 6.07) is 23.8. The molecule has 0 radical (unpaired) electrons. The zero-order chi connectivity index (χ0) is 34.8. The van der Waals surface area contributed by atoms with Crippen molar-refractivity contribution >= 4 is 40.9 Å². The van der Waals surface area contributed by atoms with Crippen LogP contribution in [0.3, 0.4) is 0 Å². The van der Waals surface area contributed by atoms with Gasteiger partial charge in [0.05, 0.1) is 12.7 Å². The lowest BCUT2D eigenvalue weighted by atomic mass is 9.85. The third-order valence-electron chi connectivity index (χ3n) is 9.70. The van der Waals surface area contributed by atoms with E-state index in [9.17, 15) is 19.2 Å². The predicted molar refractivity (Wildman–Crippen MR) is 190 cm³/mol. The van der Waals surface area contributed by atoms with E-state index < -0.39 is 23.2 Å². The number of benzene rings is 3. The molecular weight excluding hydrogens is 640 g/mol. The molecule has 10 nitrogen and oxygen atoms in total. The summed E-state index contributed by atoms with van der Waals surface area (Å²) in [6.45, 7) is 7.21. The van der Waals surface area contributed by atoms with E-state index in [2.05, 4.69) is 26.9 Å². The summed E-state index contributed by atoms with van der Waals surface area (Å²) in [7, 11) is 0. The van der Waals surface area contributed by atoms with Crippen molar-refractivity contribution in [1.82, 2.24) is 25.8 Å². The number of nitrogens with one attached hydrogen (secondary N) is 3. The van der Waals surface area contributed by atoms with E-state index in [1.54, 1.807) is 21.9 Å². The van der Waals surface area contributed by atoms with Gasteiger partial charge in [0.25, 0.3) is 5.91 Å². The third-order valence-corrected chi connectivity index (χ3v) is 9.95. The maximum Gasteiger partial charge on any atom is 0.250 e. The van der Waals surface area contributed by atoms with Crippen LogP contribution in [0.2, 0.25) is 5.02 Å². The van der Waals surface area contributed by atoms with Crippen LogP contribution in [-0.2, 0) is 38.6 Å². The number of carbonyl (C=O) groups excluding carboxylic acids is 4. The maximum absolute atomic E-state index is 14.3. The van der Waals surface area contributed by atoms with Crippen molar-refractivity contribution < 1.29 is 19.2 Å². The molecule has 0 unspecified atom stereocenters. The second-order valence-corrected chi connectivity index (χ2v) is 14.8. The van der Waals surface area contributed by atoms with Gasteiger partial charge in [-0.05, 0) is 81.0 Å². The van der Waals surface area contributed by atoms with Crippen molar-refractivity contribution in [3.63, 3.8) is 0 Å². The van der Waals surface area contributed by atoms with E-state index >= 15 is 0 Å². The van der Waals surface area contributed by atoms with Crippen molar-refractivity contribution in [3.05, 3.63) is 101 Å². The van der Waals surface area contributed by atoms with Crippen molar-refractivity contribution in [2.45, 2.75) is 76.2 Å². The second kappa shape index (κ2) is 14.2. The number of piperidine rings is 1. The molecular formula is C38H45ClN6O4. The van der Waals surface area contributed by atoms with Gasteiger partial charge in [-0.2, -0.15) is 0 Å². The molecule has 0 aliphatic carbocycles. The van der Waals surface area contributed by atoms with Gasteiger partial charge in [-0.15, -0.1) is 0 Å². The average molecular weight is 685 g/mol. The summed E-state index contributed by atoms with van der Waals surface area (Å²) in [5.74, 6) is -0.731. The van der Waals surface area contributed by atoms with Crippen molar-refractivity contribution in [3.8, 4) is 0 Å². The fraction of sp³-hybridized carbons (Fsp3) is 0.421. The lowest BCUT2D eigenvalue weighted by Gasteiger charge is -2.44. The second-order valence-electron chi connectivity index (χ2n) is 14.4. The van der Waals surface area contributed by atoms with Crippen LogP contribution < -0.4 is 20.9 Å². The normalized spacial score (nSPS) is 19.4. The Morgan fingerprint density at radius 1 is 0.939 bits per heavy atom. The molecule has 2 atom stereocenters. The molecule has 3 aliphatic heterocycles. The highest BCUT2D eigenvalue weighted by molar-refractivity contribution is 6.30. The number of rotatable bonds is 8. The lowest BCUT2D eigenvalue weighted by molar-refractivity contribution is -0.141. The van der Waals surface area contributed by atoms with Crippen LogP contribution >= 0.6 is 11.6 Å². The van der Waals surface area contributed by atoms with Crippen LogP contribution in [0, 0.1) is 0 Å². The molecule has 11 heteroatoms. The molecule has 2 fully saturated rings. The standard InChI is InChI=1S/C38H45ClN6O4/c1-37(2,3)42-33(46)24-44-25-45(30-11-5-4-6-12-30)38(36(44)49)17-19-43(20-18-38)35(48)32(21-26-13-15-29(39)16-14-26)41-34(47)31-22-27-9-7-8-10-28(27)23-40-31/h4-16,31-32,40H,17-25H2,1-3H3,(H,41,47)(H,42,46)/t31-,32-/m1/s1. The molecule has 1 spiro atoms. The minimum atomic E-state index is -0.894. The van der Waals surface area contributed by atoms with Crippen molar-refractivity contribution in [2.24, 2.45) is 0 Å². The molecule has 4 amide bonds. The topological polar surface area (TPSA) is 114 Å². The molecule has 258 valence electrons. The first-order valence-corrected chi connectivity index (χ1v) is 17.4. The van der Waals surface area contributed by atoms with Crippen LogP contribution in [0.1, 0.15) is 50.3 Å². The summed E-state index contributed by atoms with van der Waals surface area (Å²) < 4.78 is 0. The van der Waals surface area contributed by atoms with Crippen LogP contribution in [0.25, 0.3) is 0 Å². The molecule has 3 aromatic carbocycles. The lowest BCUT2D eigenvalue weighted by Crippen LogP contribution is -2.61. The first-order chi connectivity index (χ1) is 23.4. The molecule has 0 saturated carbocycles. The third kappa shape index (κ3) is 7.76. The highest BCUT2D eigenvalue weighted by Crippen LogP contribution is 2.39. The fourth-order valence-electron chi connectivity index (χ4n) is 7.24. The van der Waals surface area contributed by atoms with Crippen molar-refractivity contribution in [2.75, 3.05) is 31.2 Å². The highest BCUT2D eigenvalue weighted by atomic mass is 35.5. The van der Waals surface area contributed by atoms with Gasteiger partial charge in [0, 0.05) is 42.3 Å². The van der Waals surface area contributed by atoms with E-state index in [1.165, 1.54) is 5.56 Å². The number of halogens is 1. The zero-order valence-corrected chi connectivity index (χ0v) is 29.1. The zero-order valence-electron chi connectivity index (χ0n) is 28.4. The Morgan fingerprint density at radius 2 is 1.59 bits per heavy atom. The molecule has 49 heavy (non-hydrogen) atoms. The van der Waals surface area contributed by atoms with Crippen LogP contribution in [0.15, 0.2) is 78.9 Å². The van der Waals surface area contributed by atoms with Crippen molar-refractivity contribution in [1.29, 1.82) is 0 Å². The number of nitrogens with zero attached hydrogens (tertiary/aromatic N) is 3. The van der Waals surface area contributed by atoms with Gasteiger partial charge in [0.1, 0.15) is 18.1 Å². The number of fused-ring (bicyclic) bond motifs is 1. The molecule has 2 saturated heterocycles. The number of hydrogen-bond donors (Lipinski definition) is 3. The van der Waals surface area contributed by atoms with E-state index in [-0.39, 0.29) is 36.8 Å². The number of amides is 4. The van der Waals surface area contributed by atoms with Gasteiger partial charge >= 0.3 is 0 Å². The molecule has 3 aromatic rings. The Hall–Kier alpha value is -4.41. The Labute approximate surface area is 293 Å². The monoisotopic (exact) mass is 684 g/mol. The molecule has 3 N–H and O–H groups in total. The van der Waals surface area contributed by atoms with Crippen LogP contribution in [0.5, 0.6) is 0 Å². The molecule has 0 aromatic heterocycles. The quantitative estimate of drug-likeness (QED) is 0.334. The summed E-state index contributed by atoms with van der Waals surface area (Å²) in [6.07, 6.45) is 1.63.